The Bertz CT molecular complexity index is 838. The van der Waals surface area contributed by atoms with Gasteiger partial charge in [-0.25, -0.2) is 0 Å². The van der Waals surface area contributed by atoms with Crippen LogP contribution < -0.4 is 10.1 Å². The lowest BCUT2D eigenvalue weighted by molar-refractivity contribution is 0.415. The van der Waals surface area contributed by atoms with Crippen LogP contribution in [0.2, 0.25) is 5.02 Å². The molecule has 1 aromatic heterocycles. The lowest BCUT2D eigenvalue weighted by Crippen LogP contribution is -2.17. The van der Waals surface area contributed by atoms with Crippen LogP contribution in [0.5, 0.6) is 5.75 Å². The van der Waals surface area contributed by atoms with Gasteiger partial charge in [0.25, 0.3) is 0 Å². The second-order valence-corrected chi connectivity index (χ2v) is 6.46. The number of aryl methyl sites for hydroxylation is 1. The first-order chi connectivity index (χ1) is 11.2. The van der Waals surface area contributed by atoms with E-state index < -0.39 is 0 Å². The van der Waals surface area contributed by atoms with Gasteiger partial charge >= 0.3 is 0 Å². The van der Waals surface area contributed by atoms with E-state index in [1.807, 2.05) is 30.3 Å². The van der Waals surface area contributed by atoms with Crippen molar-refractivity contribution in [1.82, 2.24) is 4.98 Å². The summed E-state index contributed by atoms with van der Waals surface area (Å²) in [4.78, 5) is 3.60. The van der Waals surface area contributed by atoms with Crippen molar-refractivity contribution in [2.45, 2.75) is 25.3 Å². The molecule has 0 radical (unpaired) electrons. The number of halogens is 1. The lowest BCUT2D eigenvalue weighted by Gasteiger charge is -2.25. The highest BCUT2D eigenvalue weighted by Crippen LogP contribution is 2.37. The predicted molar refractivity (Wildman–Crippen MR) is 95.6 cm³/mol. The molecular formula is C19H19ClN2O. The molecule has 0 saturated heterocycles. The molecule has 1 aliphatic rings. The van der Waals surface area contributed by atoms with Crippen LogP contribution in [-0.4, -0.2) is 12.1 Å². The van der Waals surface area contributed by atoms with E-state index >= 15 is 0 Å². The van der Waals surface area contributed by atoms with Crippen molar-refractivity contribution < 1.29 is 4.74 Å². The first-order valence-corrected chi connectivity index (χ1v) is 8.33. The third-order valence-corrected chi connectivity index (χ3v) is 4.85. The molecule has 1 atom stereocenters. The Morgan fingerprint density at radius 3 is 2.78 bits per heavy atom. The fraction of sp³-hybridized carbons (Fsp3) is 0.263. The van der Waals surface area contributed by atoms with Gasteiger partial charge in [-0.15, -0.1) is 0 Å². The molecule has 0 fully saturated rings. The van der Waals surface area contributed by atoms with E-state index in [9.17, 15) is 0 Å². The second-order valence-electron chi connectivity index (χ2n) is 6.02. The zero-order valence-corrected chi connectivity index (χ0v) is 13.8. The summed E-state index contributed by atoms with van der Waals surface area (Å²) in [5.41, 5.74) is 5.00. The Labute approximate surface area is 140 Å². The van der Waals surface area contributed by atoms with E-state index in [0.717, 1.165) is 29.3 Å². The number of ether oxygens (including phenoxy) is 1. The van der Waals surface area contributed by atoms with Crippen molar-refractivity contribution in [1.29, 1.82) is 0 Å². The number of methoxy groups -OCH3 is 1. The molecular weight excluding hydrogens is 308 g/mol. The zero-order chi connectivity index (χ0) is 15.8. The molecule has 4 heteroatoms. The Balaban J connectivity index is 1.71. The summed E-state index contributed by atoms with van der Waals surface area (Å²) in [5, 5.41) is 5.67. The van der Waals surface area contributed by atoms with E-state index in [1.165, 1.54) is 28.6 Å². The number of anilines is 1. The van der Waals surface area contributed by atoms with Crippen molar-refractivity contribution in [3.63, 3.8) is 0 Å². The highest BCUT2D eigenvalue weighted by Gasteiger charge is 2.24. The molecule has 3 aromatic rings. The number of rotatable bonds is 3. The normalized spacial score (nSPS) is 17.0. The average Bonchev–Trinajstić information content (AvgIpc) is 2.96. The van der Waals surface area contributed by atoms with Gasteiger partial charge in [0.05, 0.1) is 13.2 Å². The number of H-pyrrole nitrogens is 1. The molecule has 0 bridgehead atoms. The number of fused-ring (bicyclic) bond motifs is 3. The third kappa shape index (κ3) is 2.66. The van der Waals surface area contributed by atoms with Gasteiger partial charge in [-0.3, -0.25) is 0 Å². The maximum atomic E-state index is 5.97. The molecule has 0 aliphatic heterocycles. The van der Waals surface area contributed by atoms with E-state index in [4.69, 9.17) is 16.3 Å². The molecule has 1 heterocycles. The maximum absolute atomic E-state index is 5.97. The van der Waals surface area contributed by atoms with Crippen molar-refractivity contribution in [3.8, 4) is 5.75 Å². The first kappa shape index (κ1) is 14.5. The molecule has 1 unspecified atom stereocenters. The SMILES string of the molecule is COc1ccc2[nH]c3c(c2c1)CCCC3Nc1ccc(Cl)cc1. The molecule has 0 amide bonds. The van der Waals surface area contributed by atoms with Crippen molar-refractivity contribution in [2.75, 3.05) is 12.4 Å². The number of nitrogens with one attached hydrogen (secondary N) is 2. The minimum atomic E-state index is 0.304. The Morgan fingerprint density at radius 2 is 2.00 bits per heavy atom. The molecule has 23 heavy (non-hydrogen) atoms. The third-order valence-electron chi connectivity index (χ3n) is 4.60. The summed E-state index contributed by atoms with van der Waals surface area (Å²) in [6, 6.07) is 14.4. The highest BCUT2D eigenvalue weighted by molar-refractivity contribution is 6.30. The average molecular weight is 327 g/mol. The summed E-state index contributed by atoms with van der Waals surface area (Å²) in [7, 11) is 1.71. The van der Waals surface area contributed by atoms with Gasteiger partial charge in [0, 0.05) is 27.3 Å². The fourth-order valence-corrected chi connectivity index (χ4v) is 3.59. The summed E-state index contributed by atoms with van der Waals surface area (Å²) in [6.07, 6.45) is 3.42. The lowest BCUT2D eigenvalue weighted by atomic mass is 9.91. The standard InChI is InChI=1S/C19H19ClN2O/c1-23-14-9-10-17-16(11-14)15-3-2-4-18(19(15)22-17)21-13-7-5-12(20)6-8-13/h5-11,18,21-22H,2-4H2,1H3. The molecule has 1 aliphatic carbocycles. The van der Waals surface area contributed by atoms with Crippen molar-refractivity contribution in [2.24, 2.45) is 0 Å². The Morgan fingerprint density at radius 1 is 1.17 bits per heavy atom. The van der Waals surface area contributed by atoms with Crippen LogP contribution in [0.15, 0.2) is 42.5 Å². The van der Waals surface area contributed by atoms with E-state index in [-0.39, 0.29) is 0 Å². The number of aromatic amines is 1. The van der Waals surface area contributed by atoms with Crippen LogP contribution in [0.3, 0.4) is 0 Å². The van der Waals surface area contributed by atoms with Crippen LogP contribution >= 0.6 is 11.6 Å². The van der Waals surface area contributed by atoms with Crippen LogP contribution in [0, 0.1) is 0 Å². The molecule has 118 valence electrons. The summed E-state index contributed by atoms with van der Waals surface area (Å²) in [6.45, 7) is 0. The number of aromatic nitrogens is 1. The van der Waals surface area contributed by atoms with Crippen LogP contribution in [-0.2, 0) is 6.42 Å². The smallest absolute Gasteiger partial charge is 0.119 e. The van der Waals surface area contributed by atoms with Gasteiger partial charge in [-0.05, 0) is 67.3 Å². The maximum Gasteiger partial charge on any atom is 0.119 e. The van der Waals surface area contributed by atoms with Crippen molar-refractivity contribution >= 4 is 28.2 Å². The van der Waals surface area contributed by atoms with Gasteiger partial charge in [-0.1, -0.05) is 11.6 Å². The van der Waals surface area contributed by atoms with Crippen molar-refractivity contribution in [3.05, 3.63) is 58.7 Å². The van der Waals surface area contributed by atoms with Gasteiger partial charge in [0.1, 0.15) is 5.75 Å². The Kier molecular flexibility index (Phi) is 3.66. The minimum Gasteiger partial charge on any atom is -0.497 e. The Hall–Kier alpha value is -2.13. The van der Waals surface area contributed by atoms with E-state index in [1.54, 1.807) is 7.11 Å². The first-order valence-electron chi connectivity index (χ1n) is 7.95. The van der Waals surface area contributed by atoms with Gasteiger partial charge in [0.2, 0.25) is 0 Å². The number of hydrogen-bond acceptors (Lipinski definition) is 2. The predicted octanol–water partition coefficient (Wildman–Crippen LogP) is 5.32. The van der Waals surface area contributed by atoms with E-state index in [2.05, 4.69) is 22.4 Å². The minimum absolute atomic E-state index is 0.304. The largest absolute Gasteiger partial charge is 0.497 e. The fourth-order valence-electron chi connectivity index (χ4n) is 3.46. The van der Waals surface area contributed by atoms with Crippen LogP contribution in [0.1, 0.15) is 30.1 Å². The van der Waals surface area contributed by atoms with Gasteiger partial charge < -0.3 is 15.0 Å². The summed E-state index contributed by atoms with van der Waals surface area (Å²) >= 11 is 5.97. The molecule has 2 aromatic carbocycles. The van der Waals surface area contributed by atoms with Gasteiger partial charge in [-0.2, -0.15) is 0 Å². The monoisotopic (exact) mass is 326 g/mol. The molecule has 0 spiro atoms. The number of benzene rings is 2. The number of hydrogen-bond donors (Lipinski definition) is 2. The summed E-state index contributed by atoms with van der Waals surface area (Å²) < 4.78 is 5.37. The van der Waals surface area contributed by atoms with Crippen LogP contribution in [0.4, 0.5) is 5.69 Å². The molecule has 0 saturated carbocycles. The zero-order valence-electron chi connectivity index (χ0n) is 13.0. The highest BCUT2D eigenvalue weighted by atomic mass is 35.5. The molecule has 2 N–H and O–H groups in total. The van der Waals surface area contributed by atoms with Gasteiger partial charge in [0.15, 0.2) is 0 Å². The molecule has 4 rings (SSSR count). The quantitative estimate of drug-likeness (QED) is 0.683. The second kappa shape index (κ2) is 5.82. The van der Waals surface area contributed by atoms with E-state index in [0.29, 0.717) is 6.04 Å². The summed E-state index contributed by atoms with van der Waals surface area (Å²) in [5.74, 6) is 0.909. The van der Waals surface area contributed by atoms with Crippen LogP contribution in [0.25, 0.3) is 10.9 Å². The topological polar surface area (TPSA) is 37.0 Å². The molecule has 3 nitrogen and oxygen atoms in total.